The van der Waals surface area contributed by atoms with Crippen molar-refractivity contribution in [2.75, 3.05) is 5.32 Å². The Balaban J connectivity index is 2.66. The number of amides is 1. The number of hydrogen-bond acceptors (Lipinski definition) is 5. The molecule has 0 saturated carbocycles. The predicted octanol–water partition coefficient (Wildman–Crippen LogP) is -0.742. The van der Waals surface area contributed by atoms with Gasteiger partial charge in [-0.25, -0.2) is 0 Å². The van der Waals surface area contributed by atoms with Crippen molar-refractivity contribution in [1.82, 2.24) is 20.2 Å². The average Bonchev–Trinajstić information content (AvgIpc) is 2.49. The van der Waals surface area contributed by atoms with Crippen molar-refractivity contribution in [3.05, 3.63) is 0 Å². The van der Waals surface area contributed by atoms with Crippen LogP contribution in [0.5, 0.6) is 0 Å². The molecular formula is C5H4F3N5O3. The summed E-state index contributed by atoms with van der Waals surface area (Å²) < 4.78 is 35.3. The van der Waals surface area contributed by atoms with E-state index in [9.17, 15) is 22.8 Å². The number of carbonyl (C=O) groups excluding carboxylic acids is 1. The number of carboxylic acids is 1. The van der Waals surface area contributed by atoms with Gasteiger partial charge < -0.3 is 5.11 Å². The quantitative estimate of drug-likeness (QED) is 0.718. The number of carboxylic acid groups (broad SMARTS) is 1. The van der Waals surface area contributed by atoms with E-state index in [-0.39, 0.29) is 0 Å². The van der Waals surface area contributed by atoms with Crippen LogP contribution in [0.2, 0.25) is 0 Å². The van der Waals surface area contributed by atoms with Gasteiger partial charge in [0.2, 0.25) is 0 Å². The lowest BCUT2D eigenvalue weighted by Gasteiger charge is -2.02. The molecule has 1 heterocycles. The standard InChI is InChI=1S/C5H4F3N5O3/c6-5(7,8)3(16)9-4-10-12-13(11-4)1-2(14)15/h1H2,(H,14,15)(H,9,11,16). The fourth-order valence-electron chi connectivity index (χ4n) is 0.654. The number of nitrogens with one attached hydrogen (secondary N) is 1. The van der Waals surface area contributed by atoms with E-state index in [1.807, 2.05) is 0 Å². The number of rotatable bonds is 3. The van der Waals surface area contributed by atoms with Crippen LogP contribution in [0.15, 0.2) is 0 Å². The second-order valence-electron chi connectivity index (χ2n) is 2.49. The van der Waals surface area contributed by atoms with Crippen molar-refractivity contribution >= 4 is 17.8 Å². The first-order chi connectivity index (χ1) is 7.29. The van der Waals surface area contributed by atoms with Gasteiger partial charge in [-0.05, 0) is 5.21 Å². The lowest BCUT2D eigenvalue weighted by Crippen LogP contribution is -2.30. The van der Waals surface area contributed by atoms with Crippen molar-refractivity contribution in [3.63, 3.8) is 0 Å². The van der Waals surface area contributed by atoms with Crippen molar-refractivity contribution in [3.8, 4) is 0 Å². The molecule has 2 N–H and O–H groups in total. The highest BCUT2D eigenvalue weighted by Crippen LogP contribution is 2.15. The van der Waals surface area contributed by atoms with Crippen LogP contribution in [0.3, 0.4) is 0 Å². The van der Waals surface area contributed by atoms with Gasteiger partial charge in [0, 0.05) is 0 Å². The van der Waals surface area contributed by atoms with Crippen LogP contribution in [0.1, 0.15) is 0 Å². The molecule has 0 radical (unpaired) electrons. The Bertz CT molecular complexity index is 414. The van der Waals surface area contributed by atoms with Gasteiger partial charge in [-0.3, -0.25) is 14.9 Å². The molecule has 11 heteroatoms. The normalized spacial score (nSPS) is 11.2. The first kappa shape index (κ1) is 11.9. The van der Waals surface area contributed by atoms with Crippen LogP contribution >= 0.6 is 0 Å². The summed E-state index contributed by atoms with van der Waals surface area (Å²) in [7, 11) is 0. The molecule has 88 valence electrons. The molecule has 8 nitrogen and oxygen atoms in total. The minimum atomic E-state index is -5.07. The highest BCUT2D eigenvalue weighted by molar-refractivity contribution is 5.93. The van der Waals surface area contributed by atoms with Crippen molar-refractivity contribution in [2.24, 2.45) is 0 Å². The summed E-state index contributed by atoms with van der Waals surface area (Å²) in [6.07, 6.45) is -5.07. The number of alkyl halides is 3. The zero-order valence-electron chi connectivity index (χ0n) is 7.39. The molecule has 0 bridgehead atoms. The summed E-state index contributed by atoms with van der Waals surface area (Å²) in [6.45, 7) is -0.672. The van der Waals surface area contributed by atoms with Crippen molar-refractivity contribution in [2.45, 2.75) is 12.7 Å². The van der Waals surface area contributed by atoms with Crippen molar-refractivity contribution in [1.29, 1.82) is 0 Å². The molecule has 0 fully saturated rings. The Hall–Kier alpha value is -2.20. The lowest BCUT2D eigenvalue weighted by molar-refractivity contribution is -0.167. The van der Waals surface area contributed by atoms with Crippen LogP contribution in [0.25, 0.3) is 0 Å². The Labute approximate surface area is 85.0 Å². The summed E-state index contributed by atoms with van der Waals surface area (Å²) in [5.41, 5.74) is 0. The predicted molar refractivity (Wildman–Crippen MR) is 40.1 cm³/mol. The first-order valence-corrected chi connectivity index (χ1v) is 3.67. The maximum Gasteiger partial charge on any atom is 0.471 e. The van der Waals surface area contributed by atoms with E-state index in [0.29, 0.717) is 4.80 Å². The number of hydrogen-bond donors (Lipinski definition) is 2. The maximum absolute atomic E-state index is 11.8. The van der Waals surface area contributed by atoms with Gasteiger partial charge in [-0.15, -0.1) is 5.10 Å². The smallest absolute Gasteiger partial charge is 0.471 e. The topological polar surface area (TPSA) is 110 Å². The Morgan fingerprint density at radius 1 is 1.44 bits per heavy atom. The second-order valence-corrected chi connectivity index (χ2v) is 2.49. The molecule has 0 aliphatic rings. The number of tetrazole rings is 1. The van der Waals surface area contributed by atoms with E-state index in [1.54, 1.807) is 0 Å². The molecule has 0 atom stereocenters. The number of anilines is 1. The molecule has 16 heavy (non-hydrogen) atoms. The second kappa shape index (κ2) is 4.12. The third-order valence-corrected chi connectivity index (χ3v) is 1.21. The van der Waals surface area contributed by atoms with Gasteiger partial charge in [0.1, 0.15) is 0 Å². The largest absolute Gasteiger partial charge is 0.480 e. The van der Waals surface area contributed by atoms with Gasteiger partial charge in [0.15, 0.2) is 6.54 Å². The SMILES string of the molecule is O=C(O)Cn1nnc(NC(=O)C(F)(F)F)n1. The highest BCUT2D eigenvalue weighted by Gasteiger charge is 2.39. The highest BCUT2D eigenvalue weighted by atomic mass is 19.4. The van der Waals surface area contributed by atoms with Gasteiger partial charge in [-0.1, -0.05) is 5.10 Å². The lowest BCUT2D eigenvalue weighted by atomic mass is 10.6. The molecule has 1 aromatic heterocycles. The van der Waals surface area contributed by atoms with Gasteiger partial charge in [-0.2, -0.15) is 18.0 Å². The third-order valence-electron chi connectivity index (χ3n) is 1.21. The van der Waals surface area contributed by atoms with E-state index >= 15 is 0 Å². The van der Waals surface area contributed by atoms with Gasteiger partial charge in [0.05, 0.1) is 0 Å². The van der Waals surface area contributed by atoms with Crippen molar-refractivity contribution < 1.29 is 27.9 Å². The molecule has 0 unspecified atom stereocenters. The summed E-state index contributed by atoms with van der Waals surface area (Å²) >= 11 is 0. The molecule has 1 amide bonds. The Kier molecular flexibility index (Phi) is 3.06. The van der Waals surface area contributed by atoms with E-state index in [4.69, 9.17) is 5.11 Å². The number of carbonyl (C=O) groups is 2. The molecule has 0 saturated heterocycles. The van der Waals surface area contributed by atoms with E-state index in [0.717, 1.165) is 0 Å². The number of halogens is 3. The third kappa shape index (κ3) is 3.18. The van der Waals surface area contributed by atoms with E-state index < -0.39 is 30.5 Å². The van der Waals surface area contributed by atoms with Gasteiger partial charge in [0.25, 0.3) is 5.95 Å². The monoisotopic (exact) mass is 239 g/mol. The fourth-order valence-corrected chi connectivity index (χ4v) is 0.654. The Morgan fingerprint density at radius 3 is 2.56 bits per heavy atom. The molecule has 1 aromatic rings. The summed E-state index contributed by atoms with van der Waals surface area (Å²) in [6, 6.07) is 0. The molecule has 0 aliphatic heterocycles. The summed E-state index contributed by atoms with van der Waals surface area (Å²) in [5, 5.41) is 18.9. The van der Waals surface area contributed by atoms with E-state index in [2.05, 4.69) is 15.4 Å². The zero-order chi connectivity index (χ0) is 12.3. The minimum Gasteiger partial charge on any atom is -0.480 e. The van der Waals surface area contributed by atoms with Crippen LogP contribution in [0.4, 0.5) is 19.1 Å². The summed E-state index contributed by atoms with van der Waals surface area (Å²) in [4.78, 5) is 21.1. The number of nitrogens with zero attached hydrogens (tertiary/aromatic N) is 4. The van der Waals surface area contributed by atoms with Crippen LogP contribution < -0.4 is 5.32 Å². The zero-order valence-corrected chi connectivity index (χ0v) is 7.39. The van der Waals surface area contributed by atoms with E-state index in [1.165, 1.54) is 5.32 Å². The van der Waals surface area contributed by atoms with Crippen LogP contribution in [0, 0.1) is 0 Å². The fraction of sp³-hybridized carbons (Fsp3) is 0.400. The number of aliphatic carboxylic acids is 1. The molecule has 0 aromatic carbocycles. The van der Waals surface area contributed by atoms with Gasteiger partial charge >= 0.3 is 18.1 Å². The Morgan fingerprint density at radius 2 is 2.06 bits per heavy atom. The summed E-state index contributed by atoms with van der Waals surface area (Å²) in [5.74, 6) is -4.28. The molecule has 0 spiro atoms. The number of aromatic nitrogens is 4. The van der Waals surface area contributed by atoms with Crippen LogP contribution in [-0.2, 0) is 16.1 Å². The molecular weight excluding hydrogens is 235 g/mol. The molecule has 0 aliphatic carbocycles. The minimum absolute atomic E-state index is 0.522. The molecule has 1 rings (SSSR count). The first-order valence-electron chi connectivity index (χ1n) is 3.67. The maximum atomic E-state index is 11.8. The average molecular weight is 239 g/mol. The van der Waals surface area contributed by atoms with Crippen LogP contribution in [-0.4, -0.2) is 43.4 Å².